The number of ether oxygens (including phenoxy) is 1. The topological polar surface area (TPSA) is 85.8 Å². The zero-order chi connectivity index (χ0) is 20.3. The summed E-state index contributed by atoms with van der Waals surface area (Å²) in [6, 6.07) is 6.94. The van der Waals surface area contributed by atoms with Gasteiger partial charge in [-0.2, -0.15) is 0 Å². The summed E-state index contributed by atoms with van der Waals surface area (Å²) in [6.07, 6.45) is 2.48. The van der Waals surface area contributed by atoms with Gasteiger partial charge in [0.15, 0.2) is 6.10 Å². The lowest BCUT2D eigenvalue weighted by molar-refractivity contribution is -0.137. The van der Waals surface area contributed by atoms with Crippen LogP contribution in [-0.4, -0.2) is 29.1 Å². The van der Waals surface area contributed by atoms with Crippen molar-refractivity contribution in [1.82, 2.24) is 10.1 Å². The highest BCUT2D eigenvalue weighted by Crippen LogP contribution is 2.29. The molecule has 0 aliphatic rings. The molecule has 3 aromatic rings. The highest BCUT2D eigenvalue weighted by molar-refractivity contribution is 5.85. The molecule has 1 amide bonds. The quantitative estimate of drug-likeness (QED) is 0.580. The Balaban J connectivity index is 1.82. The Morgan fingerprint density at radius 1 is 1.32 bits per heavy atom. The van der Waals surface area contributed by atoms with Crippen LogP contribution >= 0.6 is 0 Å². The van der Waals surface area contributed by atoms with Gasteiger partial charge in [-0.05, 0) is 38.0 Å². The van der Waals surface area contributed by atoms with Crippen LogP contribution in [0, 0.1) is 6.92 Å². The van der Waals surface area contributed by atoms with E-state index in [0.717, 1.165) is 23.8 Å². The number of carbonyl (C=O) groups is 1. The largest absolute Gasteiger partial charge is 0.480 e. The summed E-state index contributed by atoms with van der Waals surface area (Å²) in [4.78, 5) is 26.1. The molecule has 148 valence electrons. The van der Waals surface area contributed by atoms with Crippen LogP contribution in [0.5, 0.6) is 5.75 Å². The van der Waals surface area contributed by atoms with E-state index in [9.17, 15) is 9.59 Å². The number of carbonyl (C=O) groups excluding carboxylic acids is 1. The summed E-state index contributed by atoms with van der Waals surface area (Å²) in [5.41, 5.74) is 2.44. The van der Waals surface area contributed by atoms with Crippen LogP contribution in [0.4, 0.5) is 0 Å². The van der Waals surface area contributed by atoms with Crippen molar-refractivity contribution in [2.24, 2.45) is 0 Å². The molecular weight excluding hydrogens is 360 g/mol. The number of aryl methyl sites for hydroxylation is 2. The number of hydrogen-bond acceptors (Lipinski definition) is 6. The van der Waals surface area contributed by atoms with Gasteiger partial charge in [0.05, 0.1) is 6.54 Å². The van der Waals surface area contributed by atoms with E-state index in [1.54, 1.807) is 20.0 Å². The Labute approximate surface area is 162 Å². The molecule has 0 radical (unpaired) electrons. The molecular formula is C21H24N2O5. The summed E-state index contributed by atoms with van der Waals surface area (Å²) in [5, 5.41) is 4.71. The first kappa shape index (κ1) is 19.7. The summed E-state index contributed by atoms with van der Waals surface area (Å²) in [5.74, 6) is 0.323. The SMILES string of the molecule is CCCc1cc(=O)oc2c(C)c(OC(C)C(=O)N(C)Cc3ccon3)ccc12. The Bertz CT molecular complexity index is 1020. The lowest BCUT2D eigenvalue weighted by atomic mass is 10.0. The molecule has 1 atom stereocenters. The average Bonchev–Trinajstić information content (AvgIpc) is 3.17. The maximum Gasteiger partial charge on any atom is 0.336 e. The van der Waals surface area contributed by atoms with Gasteiger partial charge in [0, 0.05) is 30.1 Å². The maximum absolute atomic E-state index is 12.6. The minimum absolute atomic E-state index is 0.191. The first-order chi connectivity index (χ1) is 13.4. The van der Waals surface area contributed by atoms with E-state index in [4.69, 9.17) is 13.7 Å². The highest BCUT2D eigenvalue weighted by Gasteiger charge is 2.22. The molecule has 0 bridgehead atoms. The number of rotatable bonds is 7. The molecule has 1 unspecified atom stereocenters. The molecule has 2 aromatic heterocycles. The van der Waals surface area contributed by atoms with Crippen LogP contribution in [0.15, 0.2) is 44.3 Å². The van der Waals surface area contributed by atoms with Crippen LogP contribution < -0.4 is 10.4 Å². The predicted molar refractivity (Wildman–Crippen MR) is 104 cm³/mol. The van der Waals surface area contributed by atoms with Crippen molar-refractivity contribution in [3.05, 3.63) is 57.8 Å². The third-order valence-electron chi connectivity index (χ3n) is 4.63. The fraction of sp³-hybridized carbons (Fsp3) is 0.381. The minimum atomic E-state index is -0.710. The molecule has 2 heterocycles. The van der Waals surface area contributed by atoms with Crippen molar-refractivity contribution >= 4 is 16.9 Å². The Hall–Kier alpha value is -3.09. The Kier molecular flexibility index (Phi) is 5.82. The molecule has 0 spiro atoms. The first-order valence-electron chi connectivity index (χ1n) is 9.28. The fourth-order valence-electron chi connectivity index (χ4n) is 3.20. The van der Waals surface area contributed by atoms with E-state index in [0.29, 0.717) is 29.1 Å². The molecule has 0 aliphatic heterocycles. The van der Waals surface area contributed by atoms with Gasteiger partial charge < -0.3 is 18.6 Å². The molecule has 0 N–H and O–H groups in total. The summed E-state index contributed by atoms with van der Waals surface area (Å²) < 4.78 is 16.1. The smallest absolute Gasteiger partial charge is 0.336 e. The number of hydrogen-bond donors (Lipinski definition) is 0. The summed E-state index contributed by atoms with van der Waals surface area (Å²) in [7, 11) is 1.68. The average molecular weight is 384 g/mol. The molecule has 0 saturated carbocycles. The number of nitrogens with zero attached hydrogens (tertiary/aromatic N) is 2. The summed E-state index contributed by atoms with van der Waals surface area (Å²) >= 11 is 0. The van der Waals surface area contributed by atoms with Gasteiger partial charge in [0.25, 0.3) is 5.91 Å². The number of benzene rings is 1. The number of likely N-dealkylation sites (N-methyl/N-ethyl adjacent to an activating group) is 1. The van der Waals surface area contributed by atoms with E-state index in [1.165, 1.54) is 17.2 Å². The predicted octanol–water partition coefficient (Wildman–Crippen LogP) is 3.47. The van der Waals surface area contributed by atoms with Gasteiger partial charge in [-0.3, -0.25) is 4.79 Å². The minimum Gasteiger partial charge on any atom is -0.480 e. The standard InChI is InChI=1S/C21H24N2O5/c1-5-6-15-11-19(24)28-20-13(2)18(8-7-17(15)20)27-14(3)21(25)23(4)12-16-9-10-26-22-16/h7-11,14H,5-6,12H2,1-4H3. The molecule has 7 nitrogen and oxygen atoms in total. The zero-order valence-electron chi connectivity index (χ0n) is 16.5. The van der Waals surface area contributed by atoms with Crippen LogP contribution in [0.2, 0.25) is 0 Å². The van der Waals surface area contributed by atoms with Gasteiger partial charge in [-0.15, -0.1) is 0 Å². The molecule has 0 fully saturated rings. The van der Waals surface area contributed by atoms with Crippen molar-refractivity contribution in [2.45, 2.75) is 46.3 Å². The van der Waals surface area contributed by atoms with Gasteiger partial charge in [-0.1, -0.05) is 18.5 Å². The third-order valence-corrected chi connectivity index (χ3v) is 4.63. The first-order valence-corrected chi connectivity index (χ1v) is 9.28. The van der Waals surface area contributed by atoms with E-state index >= 15 is 0 Å². The van der Waals surface area contributed by atoms with E-state index in [-0.39, 0.29) is 11.5 Å². The second kappa shape index (κ2) is 8.29. The van der Waals surface area contributed by atoms with Crippen molar-refractivity contribution in [1.29, 1.82) is 0 Å². The number of amides is 1. The van der Waals surface area contributed by atoms with Crippen molar-refractivity contribution < 1.29 is 18.5 Å². The normalized spacial score (nSPS) is 12.1. The molecule has 0 saturated heterocycles. The highest BCUT2D eigenvalue weighted by atomic mass is 16.5. The van der Waals surface area contributed by atoms with Crippen LogP contribution in [-0.2, 0) is 17.8 Å². The van der Waals surface area contributed by atoms with Gasteiger partial charge in [0.2, 0.25) is 0 Å². The van der Waals surface area contributed by atoms with Crippen molar-refractivity contribution in [2.75, 3.05) is 7.05 Å². The molecule has 1 aromatic carbocycles. The van der Waals surface area contributed by atoms with Crippen LogP contribution in [0.25, 0.3) is 11.0 Å². The Morgan fingerprint density at radius 3 is 2.79 bits per heavy atom. The zero-order valence-corrected chi connectivity index (χ0v) is 16.5. The fourth-order valence-corrected chi connectivity index (χ4v) is 3.20. The second-order valence-corrected chi connectivity index (χ2v) is 6.85. The van der Waals surface area contributed by atoms with Crippen LogP contribution in [0.1, 0.15) is 37.1 Å². The van der Waals surface area contributed by atoms with Gasteiger partial charge in [0.1, 0.15) is 23.3 Å². The second-order valence-electron chi connectivity index (χ2n) is 6.85. The van der Waals surface area contributed by atoms with Crippen LogP contribution in [0.3, 0.4) is 0 Å². The monoisotopic (exact) mass is 384 g/mol. The van der Waals surface area contributed by atoms with Gasteiger partial charge in [-0.25, -0.2) is 4.79 Å². The van der Waals surface area contributed by atoms with E-state index < -0.39 is 6.10 Å². The number of fused-ring (bicyclic) bond motifs is 1. The van der Waals surface area contributed by atoms with Gasteiger partial charge >= 0.3 is 5.63 Å². The molecule has 7 heteroatoms. The molecule has 0 aliphatic carbocycles. The van der Waals surface area contributed by atoms with E-state index in [1.807, 2.05) is 19.1 Å². The Morgan fingerprint density at radius 2 is 2.11 bits per heavy atom. The van der Waals surface area contributed by atoms with Crippen molar-refractivity contribution in [3.8, 4) is 5.75 Å². The van der Waals surface area contributed by atoms with Crippen molar-refractivity contribution in [3.63, 3.8) is 0 Å². The lowest BCUT2D eigenvalue weighted by Gasteiger charge is -2.22. The third kappa shape index (κ3) is 4.08. The lowest BCUT2D eigenvalue weighted by Crippen LogP contribution is -2.37. The number of aromatic nitrogens is 1. The summed E-state index contributed by atoms with van der Waals surface area (Å²) in [6.45, 7) is 5.91. The van der Waals surface area contributed by atoms with E-state index in [2.05, 4.69) is 12.1 Å². The maximum atomic E-state index is 12.6. The molecule has 3 rings (SSSR count). The molecule has 28 heavy (non-hydrogen) atoms.